The predicted molar refractivity (Wildman–Crippen MR) is 79.6 cm³/mol. The van der Waals surface area contributed by atoms with Crippen molar-refractivity contribution in [1.29, 1.82) is 5.26 Å². The fourth-order valence-electron chi connectivity index (χ4n) is 1.75. The molecule has 0 saturated heterocycles. The maximum absolute atomic E-state index is 10.9. The van der Waals surface area contributed by atoms with Gasteiger partial charge >= 0.3 is 5.97 Å². The minimum Gasteiger partial charge on any atom is -0.478 e. The van der Waals surface area contributed by atoms with Gasteiger partial charge in [0.2, 0.25) is 0 Å². The molecule has 2 rings (SSSR count). The summed E-state index contributed by atoms with van der Waals surface area (Å²) in [6.07, 6.45) is 1.88. The Morgan fingerprint density at radius 3 is 2.70 bits per heavy atom. The summed E-state index contributed by atoms with van der Waals surface area (Å²) in [7, 11) is 0. The van der Waals surface area contributed by atoms with Gasteiger partial charge in [0.25, 0.3) is 0 Å². The Morgan fingerprint density at radius 2 is 2.15 bits per heavy atom. The Morgan fingerprint density at radius 1 is 1.45 bits per heavy atom. The number of rotatable bonds is 2. The maximum Gasteiger partial charge on any atom is 0.335 e. The molecule has 2 aromatic rings. The van der Waals surface area contributed by atoms with E-state index in [4.69, 9.17) is 5.11 Å². The number of fused-ring (bicyclic) bond motifs is 1. The van der Waals surface area contributed by atoms with E-state index in [0.717, 1.165) is 4.70 Å². The molecule has 0 unspecified atom stereocenters. The second kappa shape index (κ2) is 5.06. The molecule has 1 aromatic carbocycles. The standard InChI is InChI=1S/C15H14N2O2S/c1-15(2,3)7-10(8-16)13-17-11-5-4-9(14(18)19)6-12(11)20-13/h4-7H,1-3H3,(H,18,19)/b10-7+. The number of carbonyl (C=O) groups is 1. The van der Waals surface area contributed by atoms with Gasteiger partial charge in [0.05, 0.1) is 21.4 Å². The molecule has 1 N–H and O–H groups in total. The van der Waals surface area contributed by atoms with Gasteiger partial charge in [0, 0.05) is 0 Å². The Kier molecular flexibility index (Phi) is 3.60. The molecular weight excluding hydrogens is 272 g/mol. The number of thiazole rings is 1. The topological polar surface area (TPSA) is 74.0 Å². The van der Waals surface area contributed by atoms with Gasteiger partial charge in [-0.15, -0.1) is 11.3 Å². The van der Waals surface area contributed by atoms with Crippen molar-refractivity contribution >= 4 is 33.1 Å². The molecule has 0 aliphatic carbocycles. The zero-order valence-electron chi connectivity index (χ0n) is 11.5. The first kappa shape index (κ1) is 14.2. The Balaban J connectivity index is 2.54. The van der Waals surface area contributed by atoms with Gasteiger partial charge in [0.1, 0.15) is 11.1 Å². The lowest BCUT2D eigenvalue weighted by molar-refractivity contribution is 0.0697. The summed E-state index contributed by atoms with van der Waals surface area (Å²) in [4.78, 5) is 15.4. The monoisotopic (exact) mass is 286 g/mol. The van der Waals surface area contributed by atoms with Crippen LogP contribution < -0.4 is 0 Å². The minimum atomic E-state index is -0.965. The van der Waals surface area contributed by atoms with Crippen molar-refractivity contribution in [3.63, 3.8) is 0 Å². The van der Waals surface area contributed by atoms with Crippen molar-refractivity contribution in [3.8, 4) is 6.07 Å². The molecule has 0 spiro atoms. The molecule has 0 fully saturated rings. The molecule has 0 aliphatic heterocycles. The molecule has 0 aliphatic rings. The molecule has 0 radical (unpaired) electrons. The third-order valence-electron chi connectivity index (χ3n) is 2.56. The first-order valence-corrected chi connectivity index (χ1v) is 6.89. The van der Waals surface area contributed by atoms with Crippen molar-refractivity contribution in [3.05, 3.63) is 34.8 Å². The van der Waals surface area contributed by atoms with Crippen LogP contribution in [-0.2, 0) is 0 Å². The lowest BCUT2D eigenvalue weighted by Gasteiger charge is -2.11. The van der Waals surface area contributed by atoms with E-state index in [-0.39, 0.29) is 11.0 Å². The molecule has 102 valence electrons. The van der Waals surface area contributed by atoms with E-state index < -0.39 is 5.97 Å². The summed E-state index contributed by atoms with van der Waals surface area (Å²) in [6.45, 7) is 6.04. The van der Waals surface area contributed by atoms with Crippen LogP contribution in [0.2, 0.25) is 0 Å². The highest BCUT2D eigenvalue weighted by molar-refractivity contribution is 7.19. The van der Waals surface area contributed by atoms with Gasteiger partial charge < -0.3 is 5.11 Å². The zero-order chi connectivity index (χ0) is 14.9. The minimum absolute atomic E-state index is 0.116. The van der Waals surface area contributed by atoms with Crippen LogP contribution in [-0.4, -0.2) is 16.1 Å². The number of nitrogens with zero attached hydrogens (tertiary/aromatic N) is 2. The Hall–Kier alpha value is -2.19. The third kappa shape index (κ3) is 3.03. The summed E-state index contributed by atoms with van der Waals surface area (Å²) >= 11 is 1.34. The number of carboxylic acid groups (broad SMARTS) is 1. The molecular formula is C15H14N2O2S. The Bertz CT molecular complexity index is 745. The fourth-order valence-corrected chi connectivity index (χ4v) is 2.72. The number of benzene rings is 1. The third-order valence-corrected chi connectivity index (χ3v) is 3.62. The highest BCUT2D eigenvalue weighted by atomic mass is 32.1. The largest absolute Gasteiger partial charge is 0.478 e. The van der Waals surface area contributed by atoms with Crippen LogP contribution in [0.15, 0.2) is 24.3 Å². The summed E-state index contributed by atoms with van der Waals surface area (Å²) < 4.78 is 0.773. The average Bonchev–Trinajstić information content (AvgIpc) is 2.77. The average molecular weight is 286 g/mol. The number of aromatic nitrogens is 1. The molecule has 0 amide bonds. The van der Waals surface area contributed by atoms with Gasteiger partial charge in [-0.3, -0.25) is 0 Å². The van der Waals surface area contributed by atoms with E-state index >= 15 is 0 Å². The van der Waals surface area contributed by atoms with Crippen molar-refractivity contribution in [2.45, 2.75) is 20.8 Å². The van der Waals surface area contributed by atoms with E-state index in [1.807, 2.05) is 26.8 Å². The van der Waals surface area contributed by atoms with Gasteiger partial charge in [-0.1, -0.05) is 26.8 Å². The number of aromatic carboxylic acids is 1. The van der Waals surface area contributed by atoms with Crippen molar-refractivity contribution in [2.24, 2.45) is 5.41 Å². The molecule has 0 atom stereocenters. The van der Waals surface area contributed by atoms with Crippen LogP contribution in [0.5, 0.6) is 0 Å². The molecule has 1 aromatic heterocycles. The number of hydrogen-bond donors (Lipinski definition) is 1. The molecule has 4 nitrogen and oxygen atoms in total. The van der Waals surface area contributed by atoms with Crippen LogP contribution in [0, 0.1) is 16.7 Å². The summed E-state index contributed by atoms with van der Waals surface area (Å²) in [5.41, 5.74) is 1.35. The highest BCUT2D eigenvalue weighted by Crippen LogP contribution is 2.30. The summed E-state index contributed by atoms with van der Waals surface area (Å²) in [5, 5.41) is 18.9. The maximum atomic E-state index is 10.9. The highest BCUT2D eigenvalue weighted by Gasteiger charge is 2.14. The lowest BCUT2D eigenvalue weighted by atomic mass is 9.94. The number of allylic oxidation sites excluding steroid dienone is 2. The van der Waals surface area contributed by atoms with Crippen LogP contribution in [0.1, 0.15) is 36.1 Å². The molecule has 1 heterocycles. The van der Waals surface area contributed by atoms with Gasteiger partial charge in [0.15, 0.2) is 0 Å². The number of nitriles is 1. The number of hydrogen-bond acceptors (Lipinski definition) is 4. The smallest absolute Gasteiger partial charge is 0.335 e. The fraction of sp³-hybridized carbons (Fsp3) is 0.267. The van der Waals surface area contributed by atoms with Crippen molar-refractivity contribution in [2.75, 3.05) is 0 Å². The van der Waals surface area contributed by atoms with E-state index in [1.165, 1.54) is 17.4 Å². The van der Waals surface area contributed by atoms with E-state index in [0.29, 0.717) is 16.1 Å². The van der Waals surface area contributed by atoms with Crippen LogP contribution in [0.3, 0.4) is 0 Å². The van der Waals surface area contributed by atoms with E-state index in [9.17, 15) is 10.1 Å². The van der Waals surface area contributed by atoms with Gasteiger partial charge in [-0.25, -0.2) is 9.78 Å². The van der Waals surface area contributed by atoms with E-state index in [1.54, 1.807) is 12.1 Å². The molecule has 0 bridgehead atoms. The van der Waals surface area contributed by atoms with Crippen molar-refractivity contribution < 1.29 is 9.90 Å². The van der Waals surface area contributed by atoms with Crippen molar-refractivity contribution in [1.82, 2.24) is 4.98 Å². The predicted octanol–water partition coefficient (Wildman–Crippen LogP) is 3.95. The SMILES string of the molecule is CC(C)(C)/C=C(\C#N)c1nc2ccc(C(=O)O)cc2s1. The number of carboxylic acids is 1. The molecule has 5 heteroatoms. The van der Waals surface area contributed by atoms with Gasteiger partial charge in [-0.05, 0) is 23.6 Å². The normalized spacial score (nSPS) is 12.4. The van der Waals surface area contributed by atoms with Gasteiger partial charge in [-0.2, -0.15) is 5.26 Å². The Labute approximate surface area is 121 Å². The summed E-state index contributed by atoms with van der Waals surface area (Å²) in [6, 6.07) is 6.95. The summed E-state index contributed by atoms with van der Waals surface area (Å²) in [5.74, 6) is -0.965. The quantitative estimate of drug-likeness (QED) is 0.848. The van der Waals surface area contributed by atoms with Crippen LogP contribution >= 0.6 is 11.3 Å². The second-order valence-electron chi connectivity index (χ2n) is 5.54. The molecule has 20 heavy (non-hydrogen) atoms. The first-order valence-electron chi connectivity index (χ1n) is 6.07. The van der Waals surface area contributed by atoms with E-state index in [2.05, 4.69) is 11.1 Å². The molecule has 0 saturated carbocycles. The second-order valence-corrected chi connectivity index (χ2v) is 6.57. The first-order chi connectivity index (χ1) is 9.30. The van der Waals surface area contributed by atoms with Crippen LogP contribution in [0.25, 0.3) is 15.8 Å². The lowest BCUT2D eigenvalue weighted by Crippen LogP contribution is -2.00. The van der Waals surface area contributed by atoms with Crippen LogP contribution in [0.4, 0.5) is 0 Å². The zero-order valence-corrected chi connectivity index (χ0v) is 12.3.